The highest BCUT2D eigenvalue weighted by Crippen LogP contribution is 2.13. The second-order valence-electron chi connectivity index (χ2n) is 4.60. The van der Waals surface area contributed by atoms with Gasteiger partial charge < -0.3 is 15.7 Å². The number of amides is 1. The van der Waals surface area contributed by atoms with Gasteiger partial charge in [0.25, 0.3) is 0 Å². The van der Waals surface area contributed by atoms with Gasteiger partial charge >= 0.3 is 0 Å². The monoisotopic (exact) mass is 264 g/mol. The Labute approximate surface area is 110 Å². The quantitative estimate of drug-likeness (QED) is 0.645. The van der Waals surface area contributed by atoms with Gasteiger partial charge in [0.05, 0.1) is 6.10 Å². The van der Waals surface area contributed by atoms with Crippen molar-refractivity contribution in [3.05, 3.63) is 0 Å². The molecule has 1 aliphatic heterocycles. The molecule has 1 rings (SSSR count). The molecule has 5 heteroatoms. The minimum absolute atomic E-state index is 0. The van der Waals surface area contributed by atoms with Gasteiger partial charge in [-0.25, -0.2) is 0 Å². The Morgan fingerprint density at radius 3 is 2.94 bits per heavy atom. The highest BCUT2D eigenvalue weighted by molar-refractivity contribution is 5.85. The largest absolute Gasteiger partial charge is 0.393 e. The number of rotatable bonds is 7. The van der Waals surface area contributed by atoms with E-state index >= 15 is 0 Å². The van der Waals surface area contributed by atoms with E-state index in [0.717, 1.165) is 25.9 Å². The zero-order valence-corrected chi connectivity index (χ0v) is 11.4. The van der Waals surface area contributed by atoms with E-state index in [1.807, 2.05) is 6.92 Å². The number of aliphatic hydroxyl groups is 1. The van der Waals surface area contributed by atoms with Gasteiger partial charge in [0.1, 0.15) is 0 Å². The average molecular weight is 265 g/mol. The fourth-order valence-corrected chi connectivity index (χ4v) is 1.97. The zero-order chi connectivity index (χ0) is 11.8. The maximum absolute atomic E-state index is 11.5. The van der Waals surface area contributed by atoms with E-state index in [1.54, 1.807) is 0 Å². The minimum Gasteiger partial charge on any atom is -0.393 e. The molecule has 0 radical (unpaired) electrons. The van der Waals surface area contributed by atoms with E-state index in [9.17, 15) is 9.90 Å². The maximum atomic E-state index is 11.5. The number of nitrogens with one attached hydrogen (secondary N) is 2. The van der Waals surface area contributed by atoms with Crippen molar-refractivity contribution in [1.29, 1.82) is 0 Å². The fraction of sp³-hybridized carbons (Fsp3) is 0.917. The van der Waals surface area contributed by atoms with Gasteiger partial charge in [-0.1, -0.05) is 6.92 Å². The molecule has 0 saturated carbocycles. The molecule has 17 heavy (non-hydrogen) atoms. The molecule has 4 nitrogen and oxygen atoms in total. The van der Waals surface area contributed by atoms with Crippen molar-refractivity contribution in [2.75, 3.05) is 19.6 Å². The lowest BCUT2D eigenvalue weighted by molar-refractivity contribution is -0.121. The number of hydrogen-bond donors (Lipinski definition) is 3. The molecule has 0 aromatic heterocycles. The summed E-state index contributed by atoms with van der Waals surface area (Å²) in [7, 11) is 0. The number of carbonyl (C=O) groups is 1. The van der Waals surface area contributed by atoms with E-state index in [0.29, 0.717) is 25.3 Å². The van der Waals surface area contributed by atoms with Crippen LogP contribution in [0.3, 0.4) is 0 Å². The van der Waals surface area contributed by atoms with E-state index in [-0.39, 0.29) is 24.4 Å². The minimum atomic E-state index is -0.278. The van der Waals surface area contributed by atoms with Crippen LogP contribution in [0.1, 0.15) is 39.0 Å². The molecule has 1 aliphatic rings. The van der Waals surface area contributed by atoms with Crippen LogP contribution in [0.2, 0.25) is 0 Å². The molecule has 0 bridgehead atoms. The number of carbonyl (C=O) groups excluding carboxylic acids is 1. The van der Waals surface area contributed by atoms with Gasteiger partial charge in [-0.15, -0.1) is 12.4 Å². The lowest BCUT2D eigenvalue weighted by Gasteiger charge is -2.10. The smallest absolute Gasteiger partial charge is 0.220 e. The molecule has 1 saturated heterocycles. The standard InChI is InChI=1S/C12H24N2O2.ClH/c1-2-11(15)6-8-14-12(16)4-3-10-5-7-13-9-10;/h10-11,13,15H,2-9H2,1H3,(H,14,16);1H. The van der Waals surface area contributed by atoms with Crippen LogP contribution in [0.4, 0.5) is 0 Å². The van der Waals surface area contributed by atoms with Gasteiger partial charge in [-0.3, -0.25) is 4.79 Å². The van der Waals surface area contributed by atoms with Gasteiger partial charge in [0.2, 0.25) is 5.91 Å². The summed E-state index contributed by atoms with van der Waals surface area (Å²) in [6, 6.07) is 0. The molecule has 1 fully saturated rings. The Morgan fingerprint density at radius 2 is 2.35 bits per heavy atom. The predicted molar refractivity (Wildman–Crippen MR) is 71.4 cm³/mol. The normalized spacial score (nSPS) is 20.7. The summed E-state index contributed by atoms with van der Waals surface area (Å²) in [5.74, 6) is 0.794. The van der Waals surface area contributed by atoms with E-state index < -0.39 is 0 Å². The molecule has 1 amide bonds. The van der Waals surface area contributed by atoms with Gasteiger partial charge in [-0.05, 0) is 44.7 Å². The Bertz CT molecular complexity index is 209. The molecule has 0 aliphatic carbocycles. The molecular formula is C12H25ClN2O2. The zero-order valence-electron chi connectivity index (χ0n) is 10.6. The lowest BCUT2D eigenvalue weighted by Crippen LogP contribution is -2.27. The third-order valence-corrected chi connectivity index (χ3v) is 3.21. The van der Waals surface area contributed by atoms with Crippen LogP contribution in [0.25, 0.3) is 0 Å². The summed E-state index contributed by atoms with van der Waals surface area (Å²) in [5.41, 5.74) is 0. The Kier molecular flexibility index (Phi) is 9.50. The predicted octanol–water partition coefficient (Wildman–Crippen LogP) is 1.08. The third kappa shape index (κ3) is 7.58. The van der Waals surface area contributed by atoms with Gasteiger partial charge in [0, 0.05) is 13.0 Å². The molecule has 2 atom stereocenters. The van der Waals surface area contributed by atoms with Crippen LogP contribution in [0, 0.1) is 5.92 Å². The van der Waals surface area contributed by atoms with E-state index in [4.69, 9.17) is 0 Å². The van der Waals surface area contributed by atoms with Crippen LogP contribution in [0.15, 0.2) is 0 Å². The van der Waals surface area contributed by atoms with Crippen molar-refractivity contribution in [2.24, 2.45) is 5.92 Å². The molecule has 1 heterocycles. The topological polar surface area (TPSA) is 61.4 Å². The van der Waals surface area contributed by atoms with E-state index in [2.05, 4.69) is 10.6 Å². The van der Waals surface area contributed by atoms with Crippen molar-refractivity contribution in [3.63, 3.8) is 0 Å². The Balaban J connectivity index is 0.00000256. The molecule has 0 aromatic rings. The van der Waals surface area contributed by atoms with Crippen molar-refractivity contribution in [2.45, 2.75) is 45.1 Å². The fourth-order valence-electron chi connectivity index (χ4n) is 1.97. The Hall–Kier alpha value is -0.320. The molecule has 102 valence electrons. The maximum Gasteiger partial charge on any atom is 0.220 e. The SMILES string of the molecule is CCC(O)CCNC(=O)CCC1CCNC1.Cl. The van der Waals surface area contributed by atoms with Gasteiger partial charge in [-0.2, -0.15) is 0 Å². The molecule has 2 unspecified atom stereocenters. The molecular weight excluding hydrogens is 240 g/mol. The molecule has 0 spiro atoms. The van der Waals surface area contributed by atoms with Crippen molar-refractivity contribution < 1.29 is 9.90 Å². The number of hydrogen-bond acceptors (Lipinski definition) is 3. The van der Waals surface area contributed by atoms with Crippen molar-refractivity contribution in [1.82, 2.24) is 10.6 Å². The van der Waals surface area contributed by atoms with E-state index in [1.165, 1.54) is 6.42 Å². The first kappa shape index (κ1) is 16.7. The highest BCUT2D eigenvalue weighted by Gasteiger charge is 2.15. The first-order chi connectivity index (χ1) is 7.72. The molecule has 3 N–H and O–H groups in total. The summed E-state index contributed by atoms with van der Waals surface area (Å²) in [6.45, 7) is 4.69. The second kappa shape index (κ2) is 9.68. The van der Waals surface area contributed by atoms with Crippen LogP contribution in [-0.4, -0.2) is 36.8 Å². The highest BCUT2D eigenvalue weighted by atomic mass is 35.5. The van der Waals surface area contributed by atoms with Crippen LogP contribution in [-0.2, 0) is 4.79 Å². The first-order valence-electron chi connectivity index (χ1n) is 6.37. The summed E-state index contributed by atoms with van der Waals surface area (Å²) in [4.78, 5) is 11.5. The summed E-state index contributed by atoms with van der Waals surface area (Å²) in [5, 5.41) is 15.5. The lowest BCUT2D eigenvalue weighted by atomic mass is 10.0. The summed E-state index contributed by atoms with van der Waals surface area (Å²) in [6.07, 6.45) is 3.93. The second-order valence-corrected chi connectivity index (χ2v) is 4.60. The van der Waals surface area contributed by atoms with Crippen LogP contribution in [0.5, 0.6) is 0 Å². The number of aliphatic hydroxyl groups excluding tert-OH is 1. The van der Waals surface area contributed by atoms with Crippen molar-refractivity contribution in [3.8, 4) is 0 Å². The number of halogens is 1. The average Bonchev–Trinajstić information content (AvgIpc) is 2.79. The van der Waals surface area contributed by atoms with Crippen molar-refractivity contribution >= 4 is 18.3 Å². The summed E-state index contributed by atoms with van der Waals surface area (Å²) >= 11 is 0. The summed E-state index contributed by atoms with van der Waals surface area (Å²) < 4.78 is 0. The van der Waals surface area contributed by atoms with Gasteiger partial charge in [0.15, 0.2) is 0 Å². The molecule has 0 aromatic carbocycles. The third-order valence-electron chi connectivity index (χ3n) is 3.21. The van der Waals surface area contributed by atoms with Crippen LogP contribution < -0.4 is 10.6 Å². The Morgan fingerprint density at radius 1 is 1.59 bits per heavy atom. The first-order valence-corrected chi connectivity index (χ1v) is 6.37. The van der Waals surface area contributed by atoms with Crippen LogP contribution >= 0.6 is 12.4 Å².